The summed E-state index contributed by atoms with van der Waals surface area (Å²) in [7, 11) is -3.65. The van der Waals surface area contributed by atoms with Crippen LogP contribution in [-0.4, -0.2) is 14.2 Å². The Morgan fingerprint density at radius 1 is 1.00 bits per heavy atom. The fourth-order valence-electron chi connectivity index (χ4n) is 4.75. The monoisotopic (exact) mass is 478 g/mol. The second-order valence-corrected chi connectivity index (χ2v) is 11.6. The highest BCUT2D eigenvalue weighted by Crippen LogP contribution is 2.47. The average Bonchev–Trinajstić information content (AvgIpc) is 2.94. The Bertz CT molecular complexity index is 1370. The van der Waals surface area contributed by atoms with Crippen molar-refractivity contribution in [3.8, 4) is 5.75 Å². The molecule has 0 bridgehead atoms. The van der Waals surface area contributed by atoms with Gasteiger partial charge in [-0.1, -0.05) is 56.3 Å². The van der Waals surface area contributed by atoms with E-state index in [1.54, 1.807) is 12.1 Å². The van der Waals surface area contributed by atoms with Crippen molar-refractivity contribution >= 4 is 21.2 Å². The number of para-hydroxylation sites is 2. The number of hydrogen-bond donors (Lipinski definition) is 2. The number of anilines is 2. The summed E-state index contributed by atoms with van der Waals surface area (Å²) in [5.74, 6) is -0.122. The number of fused-ring (bicyclic) bond motifs is 1. The summed E-state index contributed by atoms with van der Waals surface area (Å²) >= 11 is 0. The van der Waals surface area contributed by atoms with Crippen LogP contribution >= 0.6 is 0 Å². The van der Waals surface area contributed by atoms with E-state index >= 15 is 4.39 Å². The molecule has 2 heterocycles. The summed E-state index contributed by atoms with van der Waals surface area (Å²) < 4.78 is 48.2. The van der Waals surface area contributed by atoms with Gasteiger partial charge in [0.15, 0.2) is 9.84 Å². The standard InChI is InChI=1S/C27H27FN2O3S/c1-27(2)15-24-26(34(31,32)17-27)25(30-23-11-7-6-10-22(23)29-24)20-13-12-19(14-21(20)28)33-16-18-8-4-3-5-9-18/h3-14,25,29-30H,15-17H2,1-2H3. The quantitative estimate of drug-likeness (QED) is 0.479. The average molecular weight is 479 g/mol. The fourth-order valence-corrected chi connectivity index (χ4v) is 7.08. The second-order valence-electron chi connectivity index (χ2n) is 9.65. The van der Waals surface area contributed by atoms with Crippen molar-refractivity contribution < 1.29 is 17.5 Å². The molecule has 0 spiro atoms. The summed E-state index contributed by atoms with van der Waals surface area (Å²) in [6, 6.07) is 20.9. The zero-order chi connectivity index (χ0) is 23.9. The molecule has 0 amide bonds. The van der Waals surface area contributed by atoms with E-state index in [2.05, 4.69) is 10.6 Å². The van der Waals surface area contributed by atoms with Crippen molar-refractivity contribution in [3.05, 3.63) is 100 Å². The maximum absolute atomic E-state index is 15.5. The lowest BCUT2D eigenvalue weighted by molar-refractivity contribution is 0.304. The van der Waals surface area contributed by atoms with Crippen molar-refractivity contribution in [2.75, 3.05) is 16.4 Å². The lowest BCUT2D eigenvalue weighted by atomic mass is 9.88. The number of rotatable bonds is 4. The molecule has 2 aliphatic heterocycles. The predicted octanol–water partition coefficient (Wildman–Crippen LogP) is 6.04. The molecule has 0 radical (unpaired) electrons. The van der Waals surface area contributed by atoms with Gasteiger partial charge in [-0.05, 0) is 41.7 Å². The van der Waals surface area contributed by atoms with E-state index in [0.29, 0.717) is 24.5 Å². The number of hydrogen-bond acceptors (Lipinski definition) is 5. The van der Waals surface area contributed by atoms with Gasteiger partial charge in [-0.3, -0.25) is 0 Å². The second kappa shape index (κ2) is 8.47. The largest absolute Gasteiger partial charge is 0.489 e. The summed E-state index contributed by atoms with van der Waals surface area (Å²) in [5, 5.41) is 6.63. The maximum Gasteiger partial charge on any atom is 0.179 e. The first-order valence-corrected chi connectivity index (χ1v) is 12.9. The first kappa shape index (κ1) is 22.5. The van der Waals surface area contributed by atoms with Crippen LogP contribution in [0.3, 0.4) is 0 Å². The molecule has 0 fully saturated rings. The molecule has 1 unspecified atom stereocenters. The Kier molecular flexibility index (Phi) is 5.60. The van der Waals surface area contributed by atoms with Gasteiger partial charge in [-0.25, -0.2) is 12.8 Å². The highest BCUT2D eigenvalue weighted by molar-refractivity contribution is 7.95. The molecule has 2 N–H and O–H groups in total. The van der Waals surface area contributed by atoms with Gasteiger partial charge < -0.3 is 15.4 Å². The Morgan fingerprint density at radius 2 is 1.71 bits per heavy atom. The summed E-state index contributed by atoms with van der Waals surface area (Å²) in [5.41, 5.74) is 2.92. The SMILES string of the molecule is CC1(C)CC2=C(C(c3ccc(OCc4ccccc4)cc3F)Nc3ccccc3N2)S(=O)(=O)C1. The fraction of sp³-hybridized carbons (Fsp3) is 0.259. The zero-order valence-electron chi connectivity index (χ0n) is 19.1. The van der Waals surface area contributed by atoms with Crippen molar-refractivity contribution in [1.29, 1.82) is 0 Å². The van der Waals surface area contributed by atoms with E-state index < -0.39 is 27.1 Å². The molecule has 0 saturated carbocycles. The van der Waals surface area contributed by atoms with Crippen LogP contribution < -0.4 is 15.4 Å². The van der Waals surface area contributed by atoms with Crippen LogP contribution in [-0.2, 0) is 16.4 Å². The van der Waals surface area contributed by atoms with Crippen molar-refractivity contribution in [2.24, 2.45) is 5.41 Å². The third-order valence-corrected chi connectivity index (χ3v) is 8.49. The van der Waals surface area contributed by atoms with E-state index in [-0.39, 0.29) is 16.2 Å². The van der Waals surface area contributed by atoms with Crippen molar-refractivity contribution in [1.82, 2.24) is 0 Å². The molecule has 3 aromatic rings. The van der Waals surface area contributed by atoms with E-state index in [1.165, 1.54) is 6.07 Å². The molecule has 0 aliphatic carbocycles. The Morgan fingerprint density at radius 3 is 2.44 bits per heavy atom. The van der Waals surface area contributed by atoms with Gasteiger partial charge in [0.1, 0.15) is 18.2 Å². The van der Waals surface area contributed by atoms with Crippen LogP contribution in [0.5, 0.6) is 5.75 Å². The molecule has 7 heteroatoms. The van der Waals surface area contributed by atoms with Gasteiger partial charge in [0.05, 0.1) is 28.1 Å². The Balaban J connectivity index is 1.54. The third-order valence-electron chi connectivity index (χ3n) is 6.17. The maximum atomic E-state index is 15.5. The van der Waals surface area contributed by atoms with Gasteiger partial charge in [0.2, 0.25) is 0 Å². The van der Waals surface area contributed by atoms with Crippen LogP contribution in [0.2, 0.25) is 0 Å². The van der Waals surface area contributed by atoms with Gasteiger partial charge >= 0.3 is 0 Å². The first-order chi connectivity index (χ1) is 16.2. The van der Waals surface area contributed by atoms with Crippen LogP contribution in [0.15, 0.2) is 83.4 Å². The van der Waals surface area contributed by atoms with Gasteiger partial charge in [0, 0.05) is 17.3 Å². The van der Waals surface area contributed by atoms with Gasteiger partial charge in [0.25, 0.3) is 0 Å². The van der Waals surface area contributed by atoms with Crippen LogP contribution in [0.1, 0.15) is 37.4 Å². The van der Waals surface area contributed by atoms with E-state index in [4.69, 9.17) is 4.74 Å². The van der Waals surface area contributed by atoms with Crippen LogP contribution in [0.4, 0.5) is 15.8 Å². The molecule has 5 nitrogen and oxygen atoms in total. The molecule has 34 heavy (non-hydrogen) atoms. The molecule has 0 aromatic heterocycles. The summed E-state index contributed by atoms with van der Waals surface area (Å²) in [6.07, 6.45) is 0.550. The van der Waals surface area contributed by atoms with E-state index in [0.717, 1.165) is 16.9 Å². The molecular formula is C27H27FN2O3S. The molecule has 0 saturated heterocycles. The van der Waals surface area contributed by atoms with Gasteiger partial charge in [-0.2, -0.15) is 0 Å². The zero-order valence-corrected chi connectivity index (χ0v) is 20.0. The number of nitrogens with one attached hydrogen (secondary N) is 2. The smallest absolute Gasteiger partial charge is 0.179 e. The Hall–Kier alpha value is -3.32. The molecule has 176 valence electrons. The lowest BCUT2D eigenvalue weighted by Gasteiger charge is -2.34. The summed E-state index contributed by atoms with van der Waals surface area (Å²) in [4.78, 5) is 0.208. The van der Waals surface area contributed by atoms with E-state index in [9.17, 15) is 8.42 Å². The van der Waals surface area contributed by atoms with Crippen molar-refractivity contribution in [3.63, 3.8) is 0 Å². The number of benzene rings is 3. The normalized spacial score (nSPS) is 20.3. The molecule has 1 atom stereocenters. The van der Waals surface area contributed by atoms with Crippen LogP contribution in [0, 0.1) is 11.2 Å². The molecule has 5 rings (SSSR count). The number of sulfone groups is 1. The van der Waals surface area contributed by atoms with E-state index in [1.807, 2.05) is 68.4 Å². The lowest BCUT2D eigenvalue weighted by Crippen LogP contribution is -2.35. The number of halogens is 1. The minimum absolute atomic E-state index is 0.00886. The first-order valence-electron chi connectivity index (χ1n) is 11.3. The number of ether oxygens (including phenoxy) is 1. The minimum Gasteiger partial charge on any atom is -0.489 e. The molecule has 2 aliphatic rings. The number of allylic oxidation sites excluding steroid dienone is 1. The molecular weight excluding hydrogens is 451 g/mol. The van der Waals surface area contributed by atoms with Crippen molar-refractivity contribution in [2.45, 2.75) is 32.9 Å². The predicted molar refractivity (Wildman–Crippen MR) is 133 cm³/mol. The molecule has 3 aromatic carbocycles. The Labute approximate surface area is 199 Å². The minimum atomic E-state index is -3.65. The topological polar surface area (TPSA) is 67.4 Å². The third kappa shape index (κ3) is 4.40. The highest BCUT2D eigenvalue weighted by atomic mass is 32.2. The highest BCUT2D eigenvalue weighted by Gasteiger charge is 2.43. The van der Waals surface area contributed by atoms with Crippen LogP contribution in [0.25, 0.3) is 0 Å². The summed E-state index contributed by atoms with van der Waals surface area (Å²) in [6.45, 7) is 4.20. The van der Waals surface area contributed by atoms with Gasteiger partial charge in [-0.15, -0.1) is 0 Å².